The van der Waals surface area contributed by atoms with Crippen LogP contribution in [0, 0.1) is 0 Å². The summed E-state index contributed by atoms with van der Waals surface area (Å²) in [5.41, 5.74) is 0.403. The molecule has 0 heterocycles. The minimum absolute atomic E-state index is 0.0187. The fourth-order valence-electron chi connectivity index (χ4n) is 1.33. The van der Waals surface area contributed by atoms with Crippen LogP contribution < -0.4 is 5.14 Å². The number of ketones is 1. The van der Waals surface area contributed by atoms with E-state index in [9.17, 15) is 13.2 Å². The number of hydrogen-bond acceptors (Lipinski definition) is 3. The predicted molar refractivity (Wildman–Crippen MR) is 61.7 cm³/mol. The number of carbonyl (C=O) groups is 1. The largest absolute Gasteiger partial charge is 0.294 e. The molecule has 0 saturated carbocycles. The molecular weight excluding hydrogens is 226 g/mol. The summed E-state index contributed by atoms with van der Waals surface area (Å²) in [6.45, 7) is 1.99. The van der Waals surface area contributed by atoms with E-state index in [0.717, 1.165) is 12.8 Å². The average molecular weight is 241 g/mol. The van der Waals surface area contributed by atoms with Crippen LogP contribution in [-0.4, -0.2) is 14.2 Å². The molecule has 0 bridgehead atoms. The Labute approximate surface area is 95.5 Å². The maximum atomic E-state index is 11.6. The zero-order valence-corrected chi connectivity index (χ0v) is 9.96. The fraction of sp³-hybridized carbons (Fsp3) is 0.364. The molecule has 5 heteroatoms. The molecule has 0 radical (unpaired) electrons. The molecule has 0 aromatic heterocycles. The number of Topliss-reactive ketones (excluding diaryl/α,β-unsaturated/α-hetero) is 1. The molecule has 0 aliphatic heterocycles. The number of rotatable bonds is 5. The lowest BCUT2D eigenvalue weighted by molar-refractivity contribution is 0.0979. The van der Waals surface area contributed by atoms with Crippen LogP contribution in [0.3, 0.4) is 0 Å². The van der Waals surface area contributed by atoms with Crippen molar-refractivity contribution in [1.29, 1.82) is 0 Å². The molecule has 2 N–H and O–H groups in total. The molecule has 0 aliphatic carbocycles. The number of nitrogens with two attached hydrogens (primary N) is 1. The lowest BCUT2D eigenvalue weighted by Crippen LogP contribution is -2.13. The quantitative estimate of drug-likeness (QED) is 0.797. The standard InChI is InChI=1S/C11H15NO3S/c1-2-3-7-11(13)9-5-4-6-10(8-9)16(12,14)15/h4-6,8H,2-3,7H2,1H3,(H2,12,14,15). The fourth-order valence-corrected chi connectivity index (χ4v) is 1.89. The molecular formula is C11H15NO3S. The van der Waals surface area contributed by atoms with E-state index in [4.69, 9.17) is 5.14 Å². The first-order valence-corrected chi connectivity index (χ1v) is 6.66. The second kappa shape index (κ2) is 5.23. The van der Waals surface area contributed by atoms with Crippen molar-refractivity contribution < 1.29 is 13.2 Å². The van der Waals surface area contributed by atoms with Crippen LogP contribution in [-0.2, 0) is 10.0 Å². The van der Waals surface area contributed by atoms with Crippen LogP contribution in [0.5, 0.6) is 0 Å². The van der Waals surface area contributed by atoms with E-state index in [1.807, 2.05) is 6.92 Å². The molecule has 16 heavy (non-hydrogen) atoms. The summed E-state index contributed by atoms with van der Waals surface area (Å²) in [5.74, 6) is -0.0487. The van der Waals surface area contributed by atoms with Gasteiger partial charge in [0.25, 0.3) is 0 Å². The Hall–Kier alpha value is -1.20. The van der Waals surface area contributed by atoms with E-state index in [-0.39, 0.29) is 10.7 Å². The van der Waals surface area contributed by atoms with Gasteiger partial charge in [0.2, 0.25) is 10.0 Å². The van der Waals surface area contributed by atoms with Crippen molar-refractivity contribution in [3.8, 4) is 0 Å². The van der Waals surface area contributed by atoms with Crippen molar-refractivity contribution in [3.63, 3.8) is 0 Å². The first-order chi connectivity index (χ1) is 7.45. The first-order valence-electron chi connectivity index (χ1n) is 5.11. The molecule has 0 atom stereocenters. The van der Waals surface area contributed by atoms with Crippen LogP contribution in [0.1, 0.15) is 36.5 Å². The second-order valence-electron chi connectivity index (χ2n) is 3.60. The van der Waals surface area contributed by atoms with Crippen LogP contribution >= 0.6 is 0 Å². The maximum absolute atomic E-state index is 11.6. The second-order valence-corrected chi connectivity index (χ2v) is 5.16. The van der Waals surface area contributed by atoms with Crippen LogP contribution in [0.2, 0.25) is 0 Å². The SMILES string of the molecule is CCCCC(=O)c1cccc(S(N)(=O)=O)c1. The van der Waals surface area contributed by atoms with Gasteiger partial charge in [0.15, 0.2) is 5.78 Å². The average Bonchev–Trinajstić information content (AvgIpc) is 2.25. The van der Waals surface area contributed by atoms with Crippen molar-refractivity contribution in [2.45, 2.75) is 31.1 Å². The Kier molecular flexibility index (Phi) is 4.20. The third kappa shape index (κ3) is 3.43. The smallest absolute Gasteiger partial charge is 0.238 e. The van der Waals surface area contributed by atoms with Gasteiger partial charge in [-0.25, -0.2) is 13.6 Å². The van der Waals surface area contributed by atoms with E-state index in [1.165, 1.54) is 18.2 Å². The summed E-state index contributed by atoms with van der Waals surface area (Å²) in [6.07, 6.45) is 2.17. The first kappa shape index (κ1) is 12.9. The summed E-state index contributed by atoms with van der Waals surface area (Å²) in [5, 5.41) is 4.99. The van der Waals surface area contributed by atoms with E-state index in [1.54, 1.807) is 6.07 Å². The van der Waals surface area contributed by atoms with Gasteiger partial charge in [-0.1, -0.05) is 25.5 Å². The van der Waals surface area contributed by atoms with Crippen LogP contribution in [0.15, 0.2) is 29.2 Å². The Morgan fingerprint density at radius 1 is 1.38 bits per heavy atom. The summed E-state index contributed by atoms with van der Waals surface area (Å²) < 4.78 is 22.2. The topological polar surface area (TPSA) is 77.2 Å². The van der Waals surface area contributed by atoms with E-state index in [2.05, 4.69) is 0 Å². The summed E-state index contributed by atoms with van der Waals surface area (Å²) in [7, 11) is -3.73. The number of unbranched alkanes of at least 4 members (excludes halogenated alkanes) is 1. The number of hydrogen-bond donors (Lipinski definition) is 1. The summed E-state index contributed by atoms with van der Waals surface area (Å²) >= 11 is 0. The van der Waals surface area contributed by atoms with E-state index < -0.39 is 10.0 Å². The highest BCUT2D eigenvalue weighted by Gasteiger charge is 2.11. The van der Waals surface area contributed by atoms with E-state index in [0.29, 0.717) is 12.0 Å². The van der Waals surface area contributed by atoms with Gasteiger partial charge in [-0.3, -0.25) is 4.79 Å². The van der Waals surface area contributed by atoms with Gasteiger partial charge in [0.05, 0.1) is 4.90 Å². The summed E-state index contributed by atoms with van der Waals surface area (Å²) in [4.78, 5) is 11.6. The van der Waals surface area contributed by atoms with E-state index >= 15 is 0 Å². The number of sulfonamides is 1. The van der Waals surface area contributed by atoms with Gasteiger partial charge in [0, 0.05) is 12.0 Å². The van der Waals surface area contributed by atoms with Crippen molar-refractivity contribution >= 4 is 15.8 Å². The molecule has 0 amide bonds. The minimum atomic E-state index is -3.73. The van der Waals surface area contributed by atoms with Crippen molar-refractivity contribution in [2.24, 2.45) is 5.14 Å². The molecule has 0 fully saturated rings. The van der Waals surface area contributed by atoms with Crippen molar-refractivity contribution in [2.75, 3.05) is 0 Å². The predicted octanol–water partition coefficient (Wildman–Crippen LogP) is 1.71. The van der Waals surface area contributed by atoms with Crippen molar-refractivity contribution in [1.82, 2.24) is 0 Å². The van der Waals surface area contributed by atoms with Gasteiger partial charge in [-0.05, 0) is 18.6 Å². The Morgan fingerprint density at radius 3 is 2.62 bits per heavy atom. The molecule has 0 saturated heterocycles. The number of carbonyl (C=O) groups excluding carboxylic acids is 1. The van der Waals surface area contributed by atoms with Gasteiger partial charge in [-0.15, -0.1) is 0 Å². The van der Waals surface area contributed by atoms with Crippen LogP contribution in [0.25, 0.3) is 0 Å². The number of primary sulfonamides is 1. The lowest BCUT2D eigenvalue weighted by atomic mass is 10.1. The highest BCUT2D eigenvalue weighted by atomic mass is 32.2. The van der Waals surface area contributed by atoms with Gasteiger partial charge < -0.3 is 0 Å². The Balaban J connectivity index is 2.95. The van der Waals surface area contributed by atoms with Gasteiger partial charge in [0.1, 0.15) is 0 Å². The van der Waals surface area contributed by atoms with Crippen LogP contribution in [0.4, 0.5) is 0 Å². The molecule has 0 spiro atoms. The molecule has 0 unspecified atom stereocenters. The molecule has 1 rings (SSSR count). The molecule has 1 aromatic rings. The minimum Gasteiger partial charge on any atom is -0.294 e. The maximum Gasteiger partial charge on any atom is 0.238 e. The zero-order chi connectivity index (χ0) is 12.2. The molecule has 88 valence electrons. The molecule has 0 aliphatic rings. The normalized spacial score (nSPS) is 11.4. The highest BCUT2D eigenvalue weighted by Crippen LogP contribution is 2.12. The Bertz CT molecular complexity index is 480. The third-order valence-electron chi connectivity index (χ3n) is 2.24. The van der Waals surface area contributed by atoms with Crippen molar-refractivity contribution in [3.05, 3.63) is 29.8 Å². The highest BCUT2D eigenvalue weighted by molar-refractivity contribution is 7.89. The number of benzene rings is 1. The van der Waals surface area contributed by atoms with Gasteiger partial charge in [-0.2, -0.15) is 0 Å². The Morgan fingerprint density at radius 2 is 2.06 bits per heavy atom. The third-order valence-corrected chi connectivity index (χ3v) is 3.15. The van der Waals surface area contributed by atoms with Gasteiger partial charge >= 0.3 is 0 Å². The molecule has 1 aromatic carbocycles. The molecule has 4 nitrogen and oxygen atoms in total. The monoisotopic (exact) mass is 241 g/mol. The summed E-state index contributed by atoms with van der Waals surface area (Å²) in [6, 6.07) is 5.84. The lowest BCUT2D eigenvalue weighted by Gasteiger charge is -2.02. The zero-order valence-electron chi connectivity index (χ0n) is 9.14.